The van der Waals surface area contributed by atoms with Gasteiger partial charge in [-0.1, -0.05) is 44.9 Å². The Labute approximate surface area is 201 Å². The molecule has 1 atom stereocenters. The summed E-state index contributed by atoms with van der Waals surface area (Å²) in [6.07, 6.45) is 4.06. The molecular weight excluding hydrogens is 434 g/mol. The largest absolute Gasteiger partial charge is 0.493 e. The van der Waals surface area contributed by atoms with Crippen LogP contribution in [-0.2, 0) is 9.53 Å². The van der Waals surface area contributed by atoms with Crippen molar-refractivity contribution in [2.24, 2.45) is 5.41 Å². The van der Waals surface area contributed by atoms with Crippen LogP contribution >= 0.6 is 0 Å². The van der Waals surface area contributed by atoms with E-state index in [2.05, 4.69) is 11.2 Å². The number of carbonyl (C=O) groups excluding carboxylic acids is 2. The van der Waals surface area contributed by atoms with E-state index in [4.69, 9.17) is 25.4 Å². The minimum absolute atomic E-state index is 0.00244. The number of hydrogen-bond acceptors (Lipinski definition) is 6. The van der Waals surface area contributed by atoms with Crippen LogP contribution in [-0.4, -0.2) is 38.2 Å². The predicted octanol–water partition coefficient (Wildman–Crippen LogP) is 4.55. The number of esters is 1. The van der Waals surface area contributed by atoms with Gasteiger partial charge in [0.15, 0.2) is 11.5 Å². The number of hydrogen-bond donors (Lipinski definition) is 1. The Balaban J connectivity index is 2.47. The lowest BCUT2D eigenvalue weighted by Gasteiger charge is -2.40. The lowest BCUT2D eigenvalue weighted by Crippen LogP contribution is -2.54. The molecule has 0 aliphatic carbocycles. The molecule has 1 amide bonds. The van der Waals surface area contributed by atoms with Crippen molar-refractivity contribution >= 4 is 11.9 Å². The average molecular weight is 468 g/mol. The number of para-hydroxylation sites is 1. The van der Waals surface area contributed by atoms with E-state index in [1.54, 1.807) is 36.4 Å². The van der Waals surface area contributed by atoms with Crippen LogP contribution in [0.3, 0.4) is 0 Å². The second-order valence-corrected chi connectivity index (χ2v) is 9.25. The molecule has 0 bridgehead atoms. The van der Waals surface area contributed by atoms with Crippen molar-refractivity contribution in [2.75, 3.05) is 20.8 Å². The maximum absolute atomic E-state index is 13.5. The Kier molecular flexibility index (Phi) is 8.58. The van der Waals surface area contributed by atoms with E-state index < -0.39 is 23.5 Å². The van der Waals surface area contributed by atoms with E-state index in [-0.39, 0.29) is 17.6 Å². The predicted molar refractivity (Wildman–Crippen MR) is 130 cm³/mol. The molecule has 2 rings (SSSR count). The SMILES string of the molecule is C#CCOc1ccccc1C(OC(=O)c1ccc(OC)c(OC)c1)C(=O)NC(C)(C)C(C)(C)C. The Morgan fingerprint density at radius 3 is 2.21 bits per heavy atom. The number of carbonyl (C=O) groups is 2. The molecule has 34 heavy (non-hydrogen) atoms. The van der Waals surface area contributed by atoms with Gasteiger partial charge in [0.2, 0.25) is 6.10 Å². The summed E-state index contributed by atoms with van der Waals surface area (Å²) in [5.41, 5.74) is -0.284. The normalized spacial score (nSPS) is 12.2. The zero-order chi connectivity index (χ0) is 25.5. The van der Waals surface area contributed by atoms with Crippen LogP contribution in [0.25, 0.3) is 0 Å². The van der Waals surface area contributed by atoms with Gasteiger partial charge in [0, 0.05) is 11.1 Å². The summed E-state index contributed by atoms with van der Waals surface area (Å²) in [6.45, 7) is 9.88. The zero-order valence-corrected chi connectivity index (χ0v) is 20.9. The molecule has 0 aromatic heterocycles. The van der Waals surface area contributed by atoms with E-state index in [1.165, 1.54) is 20.3 Å². The van der Waals surface area contributed by atoms with Gasteiger partial charge in [-0.2, -0.15) is 0 Å². The van der Waals surface area contributed by atoms with Crippen LogP contribution in [0.1, 0.15) is 56.6 Å². The van der Waals surface area contributed by atoms with Crippen LogP contribution in [0, 0.1) is 17.8 Å². The molecule has 1 unspecified atom stereocenters. The Morgan fingerprint density at radius 1 is 0.971 bits per heavy atom. The molecule has 0 aliphatic rings. The molecular formula is C27H33NO6. The summed E-state index contributed by atoms with van der Waals surface area (Å²) < 4.78 is 21.9. The van der Waals surface area contributed by atoms with Gasteiger partial charge < -0.3 is 24.3 Å². The molecule has 0 aliphatic heterocycles. The molecule has 2 aromatic rings. The van der Waals surface area contributed by atoms with Crippen molar-refractivity contribution in [3.63, 3.8) is 0 Å². The molecule has 0 heterocycles. The second-order valence-electron chi connectivity index (χ2n) is 9.25. The van der Waals surface area contributed by atoms with Crippen molar-refractivity contribution in [3.8, 4) is 29.6 Å². The lowest BCUT2D eigenvalue weighted by molar-refractivity contribution is -0.133. The number of ether oxygens (including phenoxy) is 4. The summed E-state index contributed by atoms with van der Waals surface area (Å²) in [5.74, 6) is 2.40. The van der Waals surface area contributed by atoms with Crippen molar-refractivity contribution < 1.29 is 28.5 Å². The molecule has 2 aromatic carbocycles. The summed E-state index contributed by atoms with van der Waals surface area (Å²) >= 11 is 0. The fourth-order valence-corrected chi connectivity index (χ4v) is 2.91. The van der Waals surface area contributed by atoms with Crippen molar-refractivity contribution in [1.29, 1.82) is 0 Å². The number of methoxy groups -OCH3 is 2. The van der Waals surface area contributed by atoms with Crippen LogP contribution in [0.5, 0.6) is 17.2 Å². The van der Waals surface area contributed by atoms with Crippen molar-refractivity contribution in [2.45, 2.75) is 46.3 Å². The molecule has 0 saturated carbocycles. The van der Waals surface area contributed by atoms with Crippen molar-refractivity contribution in [1.82, 2.24) is 5.32 Å². The van der Waals surface area contributed by atoms with Gasteiger partial charge in [-0.15, -0.1) is 6.42 Å². The summed E-state index contributed by atoms with van der Waals surface area (Å²) in [6, 6.07) is 11.5. The third-order valence-corrected chi connectivity index (χ3v) is 5.91. The first-order chi connectivity index (χ1) is 15.9. The van der Waals surface area contributed by atoms with Crippen LogP contribution in [0.15, 0.2) is 42.5 Å². The first kappa shape index (κ1) is 26.6. The standard InChI is InChI=1S/C27H33NO6/c1-9-16-33-20-13-11-10-12-19(20)23(24(29)28-27(5,6)26(2,3)4)34-25(30)18-14-15-21(31-7)22(17-18)32-8/h1,10-15,17,23H,16H2,2-8H3,(H,28,29). The zero-order valence-electron chi connectivity index (χ0n) is 20.9. The fourth-order valence-electron chi connectivity index (χ4n) is 2.91. The lowest BCUT2D eigenvalue weighted by atomic mass is 9.76. The van der Waals surface area contributed by atoms with Gasteiger partial charge in [-0.05, 0) is 43.5 Å². The summed E-state index contributed by atoms with van der Waals surface area (Å²) in [5, 5.41) is 3.02. The highest BCUT2D eigenvalue weighted by molar-refractivity contribution is 5.93. The number of terminal acetylenes is 1. The number of amides is 1. The molecule has 0 spiro atoms. The molecule has 7 heteroatoms. The van der Waals surface area contributed by atoms with E-state index >= 15 is 0 Å². The van der Waals surface area contributed by atoms with Crippen LogP contribution < -0.4 is 19.5 Å². The third kappa shape index (κ3) is 6.22. The van der Waals surface area contributed by atoms with Gasteiger partial charge in [-0.3, -0.25) is 4.79 Å². The van der Waals surface area contributed by atoms with Gasteiger partial charge in [0.1, 0.15) is 12.4 Å². The highest BCUT2D eigenvalue weighted by Crippen LogP contribution is 2.34. The highest BCUT2D eigenvalue weighted by Gasteiger charge is 2.38. The molecule has 0 radical (unpaired) electrons. The third-order valence-electron chi connectivity index (χ3n) is 5.91. The van der Waals surface area contributed by atoms with Gasteiger partial charge in [0.25, 0.3) is 5.91 Å². The van der Waals surface area contributed by atoms with E-state index in [9.17, 15) is 9.59 Å². The van der Waals surface area contributed by atoms with E-state index in [0.717, 1.165) is 0 Å². The smallest absolute Gasteiger partial charge is 0.339 e. The first-order valence-corrected chi connectivity index (χ1v) is 10.9. The van der Waals surface area contributed by atoms with Gasteiger partial charge >= 0.3 is 5.97 Å². The first-order valence-electron chi connectivity index (χ1n) is 10.9. The molecule has 0 fully saturated rings. The molecule has 1 N–H and O–H groups in total. The monoisotopic (exact) mass is 467 g/mol. The van der Waals surface area contributed by atoms with E-state index in [1.807, 2.05) is 34.6 Å². The molecule has 182 valence electrons. The van der Waals surface area contributed by atoms with E-state index in [0.29, 0.717) is 22.8 Å². The highest BCUT2D eigenvalue weighted by atomic mass is 16.6. The average Bonchev–Trinajstić information content (AvgIpc) is 2.79. The topological polar surface area (TPSA) is 83.1 Å². The quantitative estimate of drug-likeness (QED) is 0.430. The maximum Gasteiger partial charge on any atom is 0.339 e. The number of benzene rings is 2. The van der Waals surface area contributed by atoms with Gasteiger partial charge in [-0.25, -0.2) is 4.79 Å². The van der Waals surface area contributed by atoms with Crippen molar-refractivity contribution in [3.05, 3.63) is 53.6 Å². The summed E-state index contributed by atoms with van der Waals surface area (Å²) in [7, 11) is 2.97. The minimum Gasteiger partial charge on any atom is -0.493 e. The van der Waals surface area contributed by atoms with Gasteiger partial charge in [0.05, 0.1) is 19.8 Å². The molecule has 7 nitrogen and oxygen atoms in total. The minimum atomic E-state index is -1.28. The number of rotatable bonds is 9. The Bertz CT molecular complexity index is 1060. The van der Waals surface area contributed by atoms with Crippen LogP contribution in [0.4, 0.5) is 0 Å². The maximum atomic E-state index is 13.5. The second kappa shape index (κ2) is 11.0. The fraction of sp³-hybridized carbons (Fsp3) is 0.407. The Morgan fingerprint density at radius 2 is 1.62 bits per heavy atom. The number of nitrogens with one attached hydrogen (secondary N) is 1. The van der Waals surface area contributed by atoms with Crippen LogP contribution in [0.2, 0.25) is 0 Å². The Hall–Kier alpha value is -3.66. The molecule has 0 saturated heterocycles. The summed E-state index contributed by atoms with van der Waals surface area (Å²) in [4.78, 5) is 26.6.